The summed E-state index contributed by atoms with van der Waals surface area (Å²) in [7, 11) is -0.873. The average Bonchev–Trinajstić information content (AvgIpc) is 3.19. The van der Waals surface area contributed by atoms with Crippen LogP contribution in [0.1, 0.15) is 34.6 Å². The van der Waals surface area contributed by atoms with Gasteiger partial charge in [0.25, 0.3) is 0 Å². The van der Waals surface area contributed by atoms with Crippen molar-refractivity contribution in [1.82, 2.24) is 0 Å². The minimum absolute atomic E-state index is 0.0335. The fourth-order valence-corrected chi connectivity index (χ4v) is 5.66. The smallest absolute Gasteiger partial charge is 0.310 e. The standard InChI is InChI=1S/C22H36O7Si/c1-21(2,3)30(7,8)29-18(15-12-27-22(4,5)28-15)14-10-9-13-11-26-20(24)16(13)17(14)19(23)25-6/h9-10,13-18H,11-12H2,1-8H3/t13-,14-,15-,16-,17+,18+/m1/s1. The Balaban J connectivity index is 2.01. The number of hydrogen-bond donors (Lipinski definition) is 0. The number of rotatable bonds is 5. The first kappa shape index (κ1) is 23.4. The lowest BCUT2D eigenvalue weighted by molar-refractivity contribution is -0.165. The van der Waals surface area contributed by atoms with Crippen LogP contribution in [0.5, 0.6) is 0 Å². The SMILES string of the molecule is COC(=O)[C@H]1[C@H]([C@H](O[Si](C)(C)C(C)(C)C)[C@H]2COC(C)(C)O2)C=C[C@@H]2COC(=O)[C@@H]12. The van der Waals surface area contributed by atoms with Crippen LogP contribution in [0.15, 0.2) is 12.2 Å². The molecule has 1 aliphatic carbocycles. The number of methoxy groups -OCH3 is 1. The van der Waals surface area contributed by atoms with Crippen LogP contribution in [0.4, 0.5) is 0 Å². The molecule has 3 aliphatic rings. The molecule has 0 aromatic carbocycles. The topological polar surface area (TPSA) is 80.3 Å². The van der Waals surface area contributed by atoms with Crippen molar-refractivity contribution >= 4 is 20.3 Å². The van der Waals surface area contributed by atoms with Crippen LogP contribution in [0.2, 0.25) is 18.1 Å². The third-order valence-electron chi connectivity index (χ3n) is 7.02. The molecule has 0 spiro atoms. The van der Waals surface area contributed by atoms with Crippen molar-refractivity contribution in [2.75, 3.05) is 20.3 Å². The van der Waals surface area contributed by atoms with Gasteiger partial charge in [0.15, 0.2) is 14.1 Å². The summed E-state index contributed by atoms with van der Waals surface area (Å²) in [4.78, 5) is 25.4. The summed E-state index contributed by atoms with van der Waals surface area (Å²) >= 11 is 0. The zero-order chi connectivity index (χ0) is 22.5. The summed E-state index contributed by atoms with van der Waals surface area (Å²) in [5.74, 6) is -3.23. The first-order valence-corrected chi connectivity index (χ1v) is 13.6. The Bertz CT molecular complexity index is 709. The summed E-state index contributed by atoms with van der Waals surface area (Å²) in [5.41, 5.74) is 0. The number of fused-ring (bicyclic) bond motifs is 1. The summed E-state index contributed by atoms with van der Waals surface area (Å²) < 4.78 is 29.3. The minimum Gasteiger partial charge on any atom is -0.469 e. The van der Waals surface area contributed by atoms with Crippen molar-refractivity contribution in [3.63, 3.8) is 0 Å². The maximum atomic E-state index is 12.9. The lowest BCUT2D eigenvalue weighted by Gasteiger charge is -2.45. The highest BCUT2D eigenvalue weighted by atomic mass is 28.4. The molecule has 170 valence electrons. The van der Waals surface area contributed by atoms with E-state index in [0.717, 1.165) is 0 Å². The first-order valence-electron chi connectivity index (χ1n) is 10.7. The lowest BCUT2D eigenvalue weighted by atomic mass is 9.69. The molecule has 2 aliphatic heterocycles. The van der Waals surface area contributed by atoms with Crippen LogP contribution in [0, 0.1) is 23.7 Å². The molecule has 2 heterocycles. The molecule has 0 N–H and O–H groups in total. The van der Waals surface area contributed by atoms with Gasteiger partial charge in [0.2, 0.25) is 0 Å². The van der Waals surface area contributed by atoms with E-state index in [-0.39, 0.29) is 28.9 Å². The predicted molar refractivity (Wildman–Crippen MR) is 113 cm³/mol. The maximum Gasteiger partial charge on any atom is 0.310 e. The molecule has 0 radical (unpaired) electrons. The zero-order valence-electron chi connectivity index (χ0n) is 19.4. The molecule has 0 unspecified atom stereocenters. The molecule has 30 heavy (non-hydrogen) atoms. The summed E-state index contributed by atoms with van der Waals surface area (Å²) in [6.45, 7) is 15.3. The van der Waals surface area contributed by atoms with Crippen molar-refractivity contribution < 1.29 is 33.0 Å². The van der Waals surface area contributed by atoms with Gasteiger partial charge in [0.05, 0.1) is 38.3 Å². The Hall–Kier alpha value is -1.22. The van der Waals surface area contributed by atoms with E-state index in [1.165, 1.54) is 7.11 Å². The second-order valence-electron chi connectivity index (χ2n) is 10.5. The van der Waals surface area contributed by atoms with E-state index in [2.05, 4.69) is 33.9 Å². The van der Waals surface area contributed by atoms with Crippen LogP contribution >= 0.6 is 0 Å². The second-order valence-corrected chi connectivity index (χ2v) is 15.3. The number of esters is 2. The van der Waals surface area contributed by atoms with E-state index in [9.17, 15) is 9.59 Å². The third-order valence-corrected chi connectivity index (χ3v) is 11.5. The van der Waals surface area contributed by atoms with E-state index < -0.39 is 38.0 Å². The van der Waals surface area contributed by atoms with E-state index in [0.29, 0.717) is 13.2 Å². The van der Waals surface area contributed by atoms with Gasteiger partial charge in [0, 0.05) is 11.8 Å². The van der Waals surface area contributed by atoms with Gasteiger partial charge in [-0.3, -0.25) is 9.59 Å². The van der Waals surface area contributed by atoms with E-state index in [4.69, 9.17) is 23.4 Å². The van der Waals surface area contributed by atoms with Crippen LogP contribution in [-0.4, -0.2) is 58.6 Å². The maximum absolute atomic E-state index is 12.9. The Morgan fingerprint density at radius 2 is 1.90 bits per heavy atom. The number of hydrogen-bond acceptors (Lipinski definition) is 7. The van der Waals surface area contributed by atoms with E-state index in [1.807, 2.05) is 26.0 Å². The molecule has 0 aromatic heterocycles. The largest absolute Gasteiger partial charge is 0.469 e. The number of cyclic esters (lactones) is 1. The Morgan fingerprint density at radius 1 is 1.23 bits per heavy atom. The lowest BCUT2D eigenvalue weighted by Crippen LogP contribution is -2.54. The molecule has 0 saturated carbocycles. The predicted octanol–water partition coefficient (Wildman–Crippen LogP) is 3.29. The summed E-state index contributed by atoms with van der Waals surface area (Å²) in [5, 5.41) is -0.0335. The van der Waals surface area contributed by atoms with Gasteiger partial charge < -0.3 is 23.4 Å². The van der Waals surface area contributed by atoms with Crippen LogP contribution in [0.3, 0.4) is 0 Å². The van der Waals surface area contributed by atoms with Crippen molar-refractivity contribution in [1.29, 1.82) is 0 Å². The monoisotopic (exact) mass is 440 g/mol. The van der Waals surface area contributed by atoms with E-state index in [1.54, 1.807) is 0 Å². The molecule has 3 rings (SSSR count). The van der Waals surface area contributed by atoms with Crippen molar-refractivity contribution in [3.05, 3.63) is 12.2 Å². The first-order chi connectivity index (χ1) is 13.8. The number of carbonyl (C=O) groups is 2. The Kier molecular flexibility index (Phi) is 6.28. The molecule has 0 bridgehead atoms. The van der Waals surface area contributed by atoms with Crippen LogP contribution < -0.4 is 0 Å². The molecule has 2 saturated heterocycles. The summed E-state index contributed by atoms with van der Waals surface area (Å²) in [6, 6.07) is 0. The molecular formula is C22H36O7Si. The number of carbonyl (C=O) groups excluding carboxylic acids is 2. The highest BCUT2D eigenvalue weighted by Gasteiger charge is 2.55. The number of ether oxygens (including phenoxy) is 4. The fourth-order valence-electron chi connectivity index (χ4n) is 4.32. The molecular weight excluding hydrogens is 404 g/mol. The fraction of sp³-hybridized carbons (Fsp3) is 0.818. The van der Waals surface area contributed by atoms with Gasteiger partial charge in [-0.25, -0.2) is 0 Å². The van der Waals surface area contributed by atoms with Crippen LogP contribution in [0.25, 0.3) is 0 Å². The molecule has 8 heteroatoms. The van der Waals surface area contributed by atoms with Gasteiger partial charge in [-0.2, -0.15) is 0 Å². The van der Waals surface area contributed by atoms with Crippen LogP contribution in [-0.2, 0) is 33.0 Å². The van der Waals surface area contributed by atoms with Crippen molar-refractivity contribution in [2.45, 2.75) is 70.7 Å². The van der Waals surface area contributed by atoms with Gasteiger partial charge in [0.1, 0.15) is 6.10 Å². The molecule has 7 nitrogen and oxygen atoms in total. The normalized spacial score (nSPS) is 34.4. The van der Waals surface area contributed by atoms with E-state index >= 15 is 0 Å². The molecule has 6 atom stereocenters. The highest BCUT2D eigenvalue weighted by molar-refractivity contribution is 6.74. The van der Waals surface area contributed by atoms with Gasteiger partial charge in [-0.05, 0) is 32.0 Å². The van der Waals surface area contributed by atoms with Crippen molar-refractivity contribution in [3.8, 4) is 0 Å². The second kappa shape index (κ2) is 8.04. The van der Waals surface area contributed by atoms with Crippen molar-refractivity contribution in [2.24, 2.45) is 23.7 Å². The Labute approximate surface area is 180 Å². The van der Waals surface area contributed by atoms with Gasteiger partial charge in [-0.1, -0.05) is 32.9 Å². The van der Waals surface area contributed by atoms with Gasteiger partial charge >= 0.3 is 11.9 Å². The summed E-state index contributed by atoms with van der Waals surface area (Å²) in [6.07, 6.45) is 3.19. The molecule has 0 aromatic rings. The zero-order valence-corrected chi connectivity index (χ0v) is 20.4. The Morgan fingerprint density at radius 3 is 2.43 bits per heavy atom. The highest BCUT2D eigenvalue weighted by Crippen LogP contribution is 2.46. The minimum atomic E-state index is -2.23. The quantitative estimate of drug-likeness (QED) is 0.369. The molecule has 2 fully saturated rings. The average molecular weight is 441 g/mol. The molecule has 0 amide bonds. The van der Waals surface area contributed by atoms with Gasteiger partial charge in [-0.15, -0.1) is 0 Å². The third kappa shape index (κ3) is 4.37.